The standard InChI is InChI=1S/C44H46N4O4/c1-6-52-36-19-13-33(14-20-36)41-37(39-25-31(11-7-9-21-49)27-45-43(39)47-41)24-30(4)48-42(34-15-17-35(51-5)18-16-34)38(23-29(2)3)40-26-32(12-8-10-22-50)28-46-44(40)48/h13-20,25-30,49-50H,6,9-10,21-24H2,1-5H3,(H,45,47). The Morgan fingerprint density at radius 3 is 2.00 bits per heavy atom. The predicted octanol–water partition coefficient (Wildman–Crippen LogP) is 8.12. The lowest BCUT2D eigenvalue weighted by molar-refractivity contribution is 0.304. The molecule has 0 radical (unpaired) electrons. The summed E-state index contributed by atoms with van der Waals surface area (Å²) in [6.07, 6.45) is 5.97. The van der Waals surface area contributed by atoms with E-state index in [1.54, 1.807) is 13.3 Å². The van der Waals surface area contributed by atoms with Crippen LogP contribution in [0.5, 0.6) is 11.5 Å². The van der Waals surface area contributed by atoms with Crippen molar-refractivity contribution in [3.05, 3.63) is 95.3 Å². The topological polar surface area (TPSA) is 105 Å². The third-order valence-electron chi connectivity index (χ3n) is 9.01. The van der Waals surface area contributed by atoms with Crippen LogP contribution in [0.15, 0.2) is 73.1 Å². The number of methoxy groups -OCH3 is 1. The van der Waals surface area contributed by atoms with Gasteiger partial charge in [0.25, 0.3) is 0 Å². The highest BCUT2D eigenvalue weighted by Crippen LogP contribution is 2.41. The number of pyridine rings is 2. The molecule has 0 fully saturated rings. The van der Waals surface area contributed by atoms with E-state index in [4.69, 9.17) is 19.4 Å². The molecule has 6 rings (SSSR count). The summed E-state index contributed by atoms with van der Waals surface area (Å²) in [6.45, 7) is 9.36. The molecule has 0 bridgehead atoms. The minimum Gasteiger partial charge on any atom is -0.497 e. The summed E-state index contributed by atoms with van der Waals surface area (Å²) < 4.78 is 13.7. The normalized spacial score (nSPS) is 11.7. The zero-order valence-corrected chi connectivity index (χ0v) is 30.6. The molecule has 8 heteroatoms. The van der Waals surface area contributed by atoms with Gasteiger partial charge in [0.1, 0.15) is 22.8 Å². The van der Waals surface area contributed by atoms with Gasteiger partial charge in [0, 0.05) is 53.2 Å². The third-order valence-corrected chi connectivity index (χ3v) is 9.01. The average molecular weight is 695 g/mol. The molecule has 0 spiro atoms. The van der Waals surface area contributed by atoms with E-state index in [9.17, 15) is 10.2 Å². The quantitative estimate of drug-likeness (QED) is 0.112. The van der Waals surface area contributed by atoms with Crippen LogP contribution < -0.4 is 9.47 Å². The van der Waals surface area contributed by atoms with Crippen molar-refractivity contribution in [2.24, 2.45) is 5.92 Å². The van der Waals surface area contributed by atoms with Crippen LogP contribution in [0, 0.1) is 29.6 Å². The Morgan fingerprint density at radius 2 is 1.38 bits per heavy atom. The van der Waals surface area contributed by atoms with Gasteiger partial charge in [-0.3, -0.25) is 0 Å². The number of hydrogen-bond donors (Lipinski definition) is 3. The Hall–Kier alpha value is -5.54. The van der Waals surface area contributed by atoms with Gasteiger partial charge in [0.2, 0.25) is 0 Å². The lowest BCUT2D eigenvalue weighted by Crippen LogP contribution is -2.11. The average Bonchev–Trinajstić information content (AvgIpc) is 3.66. The van der Waals surface area contributed by atoms with E-state index in [2.05, 4.69) is 90.4 Å². The van der Waals surface area contributed by atoms with Crippen LogP contribution in [0.1, 0.15) is 68.8 Å². The molecule has 0 amide bonds. The van der Waals surface area contributed by atoms with Crippen molar-refractivity contribution in [3.63, 3.8) is 0 Å². The first-order valence-corrected chi connectivity index (χ1v) is 18.0. The number of benzene rings is 2. The second-order valence-corrected chi connectivity index (χ2v) is 13.3. The fourth-order valence-electron chi connectivity index (χ4n) is 6.79. The van der Waals surface area contributed by atoms with Crippen LogP contribution in [-0.2, 0) is 12.8 Å². The van der Waals surface area contributed by atoms with Gasteiger partial charge in [-0.2, -0.15) is 0 Å². The number of nitrogens with zero attached hydrogens (tertiary/aromatic N) is 3. The highest BCUT2D eigenvalue weighted by Gasteiger charge is 2.26. The van der Waals surface area contributed by atoms with Crippen molar-refractivity contribution in [1.82, 2.24) is 19.5 Å². The summed E-state index contributed by atoms with van der Waals surface area (Å²) in [7, 11) is 1.68. The summed E-state index contributed by atoms with van der Waals surface area (Å²) in [5.41, 5.74) is 9.92. The number of nitrogens with one attached hydrogen (secondary N) is 1. The molecule has 1 unspecified atom stereocenters. The zero-order valence-electron chi connectivity index (χ0n) is 30.6. The molecule has 0 saturated heterocycles. The Labute approximate surface area is 305 Å². The van der Waals surface area contributed by atoms with E-state index in [1.165, 1.54) is 5.56 Å². The Kier molecular flexibility index (Phi) is 11.6. The summed E-state index contributed by atoms with van der Waals surface area (Å²) in [5.74, 6) is 14.5. The zero-order chi connectivity index (χ0) is 36.6. The molecule has 6 aromatic rings. The van der Waals surface area contributed by atoms with Gasteiger partial charge in [-0.25, -0.2) is 9.97 Å². The summed E-state index contributed by atoms with van der Waals surface area (Å²) in [6, 6.07) is 20.7. The second kappa shape index (κ2) is 16.7. The van der Waals surface area contributed by atoms with Gasteiger partial charge in [-0.1, -0.05) is 37.5 Å². The minimum atomic E-state index is -0.0380. The van der Waals surface area contributed by atoms with Gasteiger partial charge in [0.15, 0.2) is 0 Å². The molecule has 0 aliphatic rings. The number of fused-ring (bicyclic) bond motifs is 2. The maximum atomic E-state index is 9.33. The first kappa shape index (κ1) is 36.3. The Balaban J connectivity index is 1.56. The second-order valence-electron chi connectivity index (χ2n) is 13.3. The minimum absolute atomic E-state index is 0.0163. The Morgan fingerprint density at radius 1 is 0.769 bits per heavy atom. The molecule has 266 valence electrons. The number of aliphatic hydroxyl groups excluding tert-OH is 2. The van der Waals surface area contributed by atoms with Crippen LogP contribution >= 0.6 is 0 Å². The van der Waals surface area contributed by atoms with Crippen LogP contribution in [0.4, 0.5) is 0 Å². The van der Waals surface area contributed by atoms with Crippen molar-refractivity contribution in [1.29, 1.82) is 0 Å². The molecule has 0 aliphatic carbocycles. The number of ether oxygens (including phenoxy) is 2. The van der Waals surface area contributed by atoms with Crippen molar-refractivity contribution in [2.75, 3.05) is 26.9 Å². The van der Waals surface area contributed by atoms with E-state index in [-0.39, 0.29) is 19.3 Å². The van der Waals surface area contributed by atoms with E-state index in [0.717, 1.165) is 79.2 Å². The molecular formula is C44H46N4O4. The van der Waals surface area contributed by atoms with E-state index < -0.39 is 0 Å². The number of hydrogen-bond acceptors (Lipinski definition) is 6. The fraction of sp³-hybridized carbons (Fsp3) is 0.318. The van der Waals surface area contributed by atoms with Crippen molar-refractivity contribution in [2.45, 2.75) is 59.4 Å². The molecule has 52 heavy (non-hydrogen) atoms. The maximum Gasteiger partial charge on any atom is 0.140 e. The van der Waals surface area contributed by atoms with Crippen LogP contribution in [0.2, 0.25) is 0 Å². The van der Waals surface area contributed by atoms with Crippen LogP contribution in [0.3, 0.4) is 0 Å². The van der Waals surface area contributed by atoms with Gasteiger partial charge in [-0.15, -0.1) is 0 Å². The SMILES string of the molecule is CCOc1ccc(-c2[nH]c3ncc(C#CCCO)cc3c2CC(C)n2c(-c3ccc(OC)cc3)c(CC(C)C)c3cc(C#CCCO)cnc32)cc1. The van der Waals surface area contributed by atoms with Gasteiger partial charge >= 0.3 is 0 Å². The largest absolute Gasteiger partial charge is 0.497 e. The lowest BCUT2D eigenvalue weighted by Gasteiger charge is -2.21. The van der Waals surface area contributed by atoms with Crippen molar-refractivity contribution in [3.8, 4) is 57.7 Å². The van der Waals surface area contributed by atoms with Gasteiger partial charge in [-0.05, 0) is 116 Å². The van der Waals surface area contributed by atoms with E-state index in [1.807, 2.05) is 37.4 Å². The molecule has 8 nitrogen and oxygen atoms in total. The number of aliphatic hydroxyl groups is 2. The fourth-order valence-corrected chi connectivity index (χ4v) is 6.79. The highest BCUT2D eigenvalue weighted by atomic mass is 16.5. The molecule has 0 aliphatic heterocycles. The first-order valence-electron chi connectivity index (χ1n) is 18.0. The molecule has 0 saturated carbocycles. The van der Waals surface area contributed by atoms with Crippen LogP contribution in [-0.4, -0.2) is 56.7 Å². The molecule has 2 aromatic carbocycles. The van der Waals surface area contributed by atoms with Gasteiger partial charge < -0.3 is 29.2 Å². The van der Waals surface area contributed by atoms with E-state index >= 15 is 0 Å². The Bertz CT molecular complexity index is 2280. The number of aromatic amines is 1. The van der Waals surface area contributed by atoms with Crippen LogP contribution in [0.25, 0.3) is 44.6 Å². The van der Waals surface area contributed by atoms with Crippen molar-refractivity contribution < 1.29 is 19.7 Å². The van der Waals surface area contributed by atoms with Gasteiger partial charge in [0.05, 0.1) is 38.3 Å². The summed E-state index contributed by atoms with van der Waals surface area (Å²) in [5, 5.41) is 20.7. The number of rotatable bonds is 12. The lowest BCUT2D eigenvalue weighted by atomic mass is 9.96. The first-order chi connectivity index (χ1) is 25.3. The van der Waals surface area contributed by atoms with Crippen molar-refractivity contribution >= 4 is 22.1 Å². The molecular weight excluding hydrogens is 649 g/mol. The summed E-state index contributed by atoms with van der Waals surface area (Å²) in [4.78, 5) is 13.5. The number of aromatic nitrogens is 4. The molecule has 3 N–H and O–H groups in total. The molecule has 1 atom stereocenters. The smallest absolute Gasteiger partial charge is 0.140 e. The van der Waals surface area contributed by atoms with E-state index in [0.29, 0.717) is 31.8 Å². The highest BCUT2D eigenvalue weighted by molar-refractivity contribution is 5.92. The number of H-pyrrole nitrogens is 1. The summed E-state index contributed by atoms with van der Waals surface area (Å²) >= 11 is 0. The maximum absolute atomic E-state index is 9.33. The molecule has 4 aromatic heterocycles. The molecule has 4 heterocycles. The predicted molar refractivity (Wildman–Crippen MR) is 209 cm³/mol. The monoisotopic (exact) mass is 694 g/mol. The third kappa shape index (κ3) is 7.85.